The Balaban J connectivity index is 0.00000420. The molecule has 1 unspecified atom stereocenters. The molecule has 7 nitrogen and oxygen atoms in total. The molecule has 1 aromatic carbocycles. The van der Waals surface area contributed by atoms with Crippen LogP contribution in [-0.4, -0.2) is 50.3 Å². The molecule has 1 aromatic heterocycles. The standard InChI is InChI=1S/C20H28N4O3S.HI/c1-4-21-19(24-14-20(2,26)16-9-12-28-13-16)23-11-10-22-18(25)15-5-7-17(27-3)8-6-15;/h5-9,12-13,26H,4,10-11,14H2,1-3H3,(H,22,25)(H2,21,23,24);1H. The largest absolute Gasteiger partial charge is 0.497 e. The summed E-state index contributed by atoms with van der Waals surface area (Å²) in [6, 6.07) is 8.85. The number of nitrogens with one attached hydrogen (secondary N) is 3. The van der Waals surface area contributed by atoms with Gasteiger partial charge in [0.25, 0.3) is 5.91 Å². The van der Waals surface area contributed by atoms with E-state index in [4.69, 9.17) is 4.74 Å². The van der Waals surface area contributed by atoms with Gasteiger partial charge in [-0.1, -0.05) is 0 Å². The van der Waals surface area contributed by atoms with Crippen LogP contribution in [0.4, 0.5) is 0 Å². The number of nitrogens with zero attached hydrogens (tertiary/aromatic N) is 1. The Morgan fingerprint density at radius 1 is 1.17 bits per heavy atom. The number of halogens is 1. The van der Waals surface area contributed by atoms with Crippen molar-refractivity contribution in [3.63, 3.8) is 0 Å². The van der Waals surface area contributed by atoms with Gasteiger partial charge in [0.1, 0.15) is 11.4 Å². The number of carbonyl (C=O) groups excluding carboxylic acids is 1. The summed E-state index contributed by atoms with van der Waals surface area (Å²) in [5.74, 6) is 1.16. The first kappa shape index (κ1) is 25.2. The van der Waals surface area contributed by atoms with E-state index in [1.165, 1.54) is 0 Å². The van der Waals surface area contributed by atoms with E-state index < -0.39 is 5.60 Å². The first-order valence-electron chi connectivity index (χ1n) is 9.15. The Labute approximate surface area is 193 Å². The Morgan fingerprint density at radius 2 is 1.86 bits per heavy atom. The molecule has 1 atom stereocenters. The number of benzene rings is 1. The number of methoxy groups -OCH3 is 1. The monoisotopic (exact) mass is 532 g/mol. The molecule has 29 heavy (non-hydrogen) atoms. The summed E-state index contributed by atoms with van der Waals surface area (Å²) in [6.07, 6.45) is 0. The molecule has 0 saturated heterocycles. The number of hydrogen-bond donors (Lipinski definition) is 4. The molecule has 2 aromatic rings. The minimum atomic E-state index is -1.02. The Kier molecular flexibility index (Phi) is 11.0. The van der Waals surface area contributed by atoms with Gasteiger partial charge in [0.15, 0.2) is 5.96 Å². The van der Waals surface area contributed by atoms with Gasteiger partial charge in [0, 0.05) is 25.2 Å². The fourth-order valence-corrected chi connectivity index (χ4v) is 3.22. The summed E-state index contributed by atoms with van der Waals surface area (Å²) < 4.78 is 5.09. The zero-order chi connectivity index (χ0) is 20.4. The maximum atomic E-state index is 12.1. The Morgan fingerprint density at radius 3 is 2.45 bits per heavy atom. The zero-order valence-electron chi connectivity index (χ0n) is 16.9. The van der Waals surface area contributed by atoms with Crippen LogP contribution in [0.15, 0.2) is 46.1 Å². The van der Waals surface area contributed by atoms with Crippen LogP contribution in [0.25, 0.3) is 0 Å². The number of ether oxygens (including phenoxy) is 1. The van der Waals surface area contributed by atoms with Crippen molar-refractivity contribution in [1.29, 1.82) is 0 Å². The number of aliphatic hydroxyl groups is 1. The molecule has 1 amide bonds. The minimum absolute atomic E-state index is 0. The fraction of sp³-hybridized carbons (Fsp3) is 0.400. The van der Waals surface area contributed by atoms with E-state index in [0.29, 0.717) is 36.9 Å². The smallest absolute Gasteiger partial charge is 0.251 e. The summed E-state index contributed by atoms with van der Waals surface area (Å²) >= 11 is 1.54. The highest BCUT2D eigenvalue weighted by atomic mass is 127. The molecule has 0 fully saturated rings. The van der Waals surface area contributed by atoms with Gasteiger partial charge in [0.05, 0.1) is 13.7 Å². The van der Waals surface area contributed by atoms with Crippen molar-refractivity contribution in [3.8, 4) is 5.75 Å². The summed E-state index contributed by atoms with van der Waals surface area (Å²) in [7, 11) is 1.59. The summed E-state index contributed by atoms with van der Waals surface area (Å²) in [4.78, 5) is 16.6. The molecule has 0 aliphatic carbocycles. The molecule has 0 spiro atoms. The third-order valence-electron chi connectivity index (χ3n) is 4.09. The summed E-state index contributed by atoms with van der Waals surface area (Å²) in [5, 5.41) is 23.6. The lowest BCUT2D eigenvalue weighted by atomic mass is 10.00. The predicted molar refractivity (Wildman–Crippen MR) is 129 cm³/mol. The average molecular weight is 532 g/mol. The van der Waals surface area contributed by atoms with Gasteiger partial charge < -0.3 is 25.8 Å². The highest BCUT2D eigenvalue weighted by molar-refractivity contribution is 14.0. The SMILES string of the molecule is CCNC(=NCC(C)(O)c1ccsc1)NCCNC(=O)c1ccc(OC)cc1.I. The molecule has 0 aliphatic heterocycles. The van der Waals surface area contributed by atoms with Crippen molar-refractivity contribution in [3.05, 3.63) is 52.2 Å². The quantitative estimate of drug-likeness (QED) is 0.173. The third-order valence-corrected chi connectivity index (χ3v) is 4.77. The third kappa shape index (κ3) is 8.19. The van der Waals surface area contributed by atoms with Crippen LogP contribution in [-0.2, 0) is 5.60 Å². The second-order valence-corrected chi connectivity index (χ2v) is 7.17. The molecule has 9 heteroatoms. The van der Waals surface area contributed by atoms with Crippen LogP contribution in [0, 0.1) is 0 Å². The highest BCUT2D eigenvalue weighted by Gasteiger charge is 2.23. The number of guanidine groups is 1. The van der Waals surface area contributed by atoms with E-state index in [-0.39, 0.29) is 36.4 Å². The van der Waals surface area contributed by atoms with Crippen LogP contribution in [0.2, 0.25) is 0 Å². The van der Waals surface area contributed by atoms with Crippen molar-refractivity contribution in [2.24, 2.45) is 4.99 Å². The van der Waals surface area contributed by atoms with Crippen molar-refractivity contribution < 1.29 is 14.6 Å². The van der Waals surface area contributed by atoms with E-state index >= 15 is 0 Å². The van der Waals surface area contributed by atoms with E-state index in [9.17, 15) is 9.90 Å². The zero-order valence-corrected chi connectivity index (χ0v) is 20.0. The van der Waals surface area contributed by atoms with Gasteiger partial charge in [-0.15, -0.1) is 24.0 Å². The summed E-state index contributed by atoms with van der Waals surface area (Å²) in [6.45, 7) is 5.60. The van der Waals surface area contributed by atoms with Crippen LogP contribution < -0.4 is 20.7 Å². The van der Waals surface area contributed by atoms with Crippen molar-refractivity contribution in [2.45, 2.75) is 19.4 Å². The number of thiophene rings is 1. The summed E-state index contributed by atoms with van der Waals surface area (Å²) in [5.41, 5.74) is 0.405. The Hall–Kier alpha value is -1.85. The molecule has 4 N–H and O–H groups in total. The molecule has 0 radical (unpaired) electrons. The van der Waals surface area contributed by atoms with Gasteiger partial charge in [-0.25, -0.2) is 4.99 Å². The van der Waals surface area contributed by atoms with E-state index in [2.05, 4.69) is 20.9 Å². The maximum Gasteiger partial charge on any atom is 0.251 e. The second-order valence-electron chi connectivity index (χ2n) is 6.39. The van der Waals surface area contributed by atoms with Crippen LogP contribution in [0.5, 0.6) is 5.75 Å². The first-order chi connectivity index (χ1) is 13.5. The molecule has 1 heterocycles. The van der Waals surface area contributed by atoms with Gasteiger partial charge in [-0.3, -0.25) is 4.79 Å². The number of aliphatic imine (C=N–C) groups is 1. The van der Waals surface area contributed by atoms with Crippen molar-refractivity contribution in [1.82, 2.24) is 16.0 Å². The number of rotatable bonds is 9. The second kappa shape index (κ2) is 12.7. The number of carbonyl (C=O) groups is 1. The fourth-order valence-electron chi connectivity index (χ4n) is 2.44. The van der Waals surface area contributed by atoms with Crippen LogP contribution in [0.3, 0.4) is 0 Å². The Bertz CT molecular complexity index is 765. The molecule has 0 bridgehead atoms. The van der Waals surface area contributed by atoms with Crippen molar-refractivity contribution in [2.75, 3.05) is 33.3 Å². The topological polar surface area (TPSA) is 95.0 Å². The molecule has 0 saturated carbocycles. The molecular formula is C20H29IN4O3S. The molecule has 160 valence electrons. The first-order valence-corrected chi connectivity index (χ1v) is 10.1. The van der Waals surface area contributed by atoms with E-state index in [1.807, 2.05) is 23.8 Å². The lowest BCUT2D eigenvalue weighted by molar-refractivity contribution is 0.0677. The normalized spacial score (nSPS) is 13.0. The predicted octanol–water partition coefficient (Wildman–Crippen LogP) is 2.57. The highest BCUT2D eigenvalue weighted by Crippen LogP contribution is 2.23. The van der Waals surface area contributed by atoms with Gasteiger partial charge in [-0.2, -0.15) is 11.3 Å². The van der Waals surface area contributed by atoms with E-state index in [0.717, 1.165) is 5.56 Å². The van der Waals surface area contributed by atoms with E-state index in [1.54, 1.807) is 49.6 Å². The van der Waals surface area contributed by atoms with Gasteiger partial charge >= 0.3 is 0 Å². The maximum absolute atomic E-state index is 12.1. The van der Waals surface area contributed by atoms with Gasteiger partial charge in [-0.05, 0) is 60.5 Å². The lowest BCUT2D eigenvalue weighted by Crippen LogP contribution is -2.42. The lowest BCUT2D eigenvalue weighted by Gasteiger charge is -2.21. The van der Waals surface area contributed by atoms with Crippen LogP contribution >= 0.6 is 35.3 Å². The molecule has 2 rings (SSSR count). The molecular weight excluding hydrogens is 503 g/mol. The van der Waals surface area contributed by atoms with Crippen molar-refractivity contribution >= 4 is 47.2 Å². The minimum Gasteiger partial charge on any atom is -0.497 e. The molecule has 0 aliphatic rings. The number of hydrogen-bond acceptors (Lipinski definition) is 5. The number of amides is 1. The van der Waals surface area contributed by atoms with Crippen LogP contribution in [0.1, 0.15) is 29.8 Å². The average Bonchev–Trinajstić information content (AvgIpc) is 3.25. The van der Waals surface area contributed by atoms with Gasteiger partial charge in [0.2, 0.25) is 0 Å².